The number of methoxy groups -OCH3 is 2. The van der Waals surface area contributed by atoms with Gasteiger partial charge in [0.05, 0.1) is 5.69 Å². The van der Waals surface area contributed by atoms with Gasteiger partial charge in [-0.25, -0.2) is 4.98 Å². The Morgan fingerprint density at radius 2 is 1.80 bits per heavy atom. The van der Waals surface area contributed by atoms with Gasteiger partial charge < -0.3 is 28.8 Å². The Morgan fingerprint density at radius 3 is 2.53 bits per heavy atom. The average molecular weight is 409 g/mol. The zero-order valence-corrected chi connectivity index (χ0v) is 17.6. The first kappa shape index (κ1) is 20.4. The smallest absolute Gasteiger partial charge is 0.231 e. The summed E-state index contributed by atoms with van der Waals surface area (Å²) in [5.41, 5.74) is 4.03. The van der Waals surface area contributed by atoms with Crippen LogP contribution in [0.4, 0.5) is 0 Å². The summed E-state index contributed by atoms with van der Waals surface area (Å²) in [6.07, 6.45) is -0.525. The van der Waals surface area contributed by atoms with Crippen molar-refractivity contribution in [3.8, 4) is 22.9 Å². The number of rotatable bonds is 9. The van der Waals surface area contributed by atoms with E-state index in [1.807, 2.05) is 36.4 Å². The van der Waals surface area contributed by atoms with Gasteiger partial charge in [-0.2, -0.15) is 0 Å². The lowest BCUT2D eigenvalue weighted by molar-refractivity contribution is -0.109. The van der Waals surface area contributed by atoms with Gasteiger partial charge in [0.25, 0.3) is 0 Å². The molecule has 0 spiro atoms. The van der Waals surface area contributed by atoms with Crippen LogP contribution in [0.15, 0.2) is 48.5 Å². The fourth-order valence-corrected chi connectivity index (χ4v) is 3.72. The topological polar surface area (TPSA) is 66.8 Å². The number of fused-ring (bicyclic) bond motifs is 1. The molecular weight excluding hydrogens is 382 g/mol. The highest BCUT2D eigenvalue weighted by atomic mass is 16.7. The number of aromatic nitrogens is 2. The summed E-state index contributed by atoms with van der Waals surface area (Å²) in [5.74, 6) is 2.49. The summed E-state index contributed by atoms with van der Waals surface area (Å²) in [6, 6.07) is 16.2. The van der Waals surface area contributed by atoms with Gasteiger partial charge in [-0.15, -0.1) is 0 Å². The maximum Gasteiger partial charge on any atom is 0.231 e. The van der Waals surface area contributed by atoms with Crippen LogP contribution in [0.5, 0.6) is 11.5 Å². The zero-order valence-electron chi connectivity index (χ0n) is 17.6. The summed E-state index contributed by atoms with van der Waals surface area (Å²) in [5, 5.41) is 3.52. The molecule has 1 aliphatic rings. The molecule has 7 heteroatoms. The lowest BCUT2D eigenvalue weighted by atomic mass is 10.2. The molecule has 2 heterocycles. The van der Waals surface area contributed by atoms with Crippen molar-refractivity contribution in [1.29, 1.82) is 0 Å². The molecule has 0 fully saturated rings. The van der Waals surface area contributed by atoms with E-state index in [4.69, 9.17) is 23.9 Å². The van der Waals surface area contributed by atoms with Crippen molar-refractivity contribution in [3.05, 3.63) is 65.5 Å². The Kier molecular flexibility index (Phi) is 6.32. The third-order valence-electron chi connectivity index (χ3n) is 5.16. The highest BCUT2D eigenvalue weighted by Gasteiger charge is 2.24. The van der Waals surface area contributed by atoms with Crippen LogP contribution < -0.4 is 14.8 Å². The van der Waals surface area contributed by atoms with E-state index < -0.39 is 6.29 Å². The largest absolute Gasteiger partial charge is 0.454 e. The SMILES string of the molecule is CCn1c(-c2ccccc2)nc(C(OC)OC)c1CNCc1ccc2c(c1)OCO2. The van der Waals surface area contributed by atoms with E-state index in [2.05, 4.69) is 28.9 Å². The van der Waals surface area contributed by atoms with E-state index in [0.29, 0.717) is 13.1 Å². The minimum atomic E-state index is -0.525. The predicted molar refractivity (Wildman–Crippen MR) is 113 cm³/mol. The first-order valence-electron chi connectivity index (χ1n) is 10.0. The van der Waals surface area contributed by atoms with E-state index >= 15 is 0 Å². The van der Waals surface area contributed by atoms with Gasteiger partial charge in [0.2, 0.25) is 13.1 Å². The average Bonchev–Trinajstić information content (AvgIpc) is 3.40. The molecule has 1 aromatic heterocycles. The Balaban J connectivity index is 1.59. The molecule has 3 aromatic rings. The third-order valence-corrected chi connectivity index (χ3v) is 5.16. The number of imidazole rings is 1. The molecular formula is C23H27N3O4. The second kappa shape index (κ2) is 9.30. The fraction of sp³-hybridized carbons (Fsp3) is 0.348. The minimum absolute atomic E-state index is 0.281. The van der Waals surface area contributed by atoms with E-state index in [-0.39, 0.29) is 6.79 Å². The van der Waals surface area contributed by atoms with Gasteiger partial charge in [0, 0.05) is 39.4 Å². The van der Waals surface area contributed by atoms with Crippen LogP contribution in [0, 0.1) is 0 Å². The Hall–Kier alpha value is -2.87. The predicted octanol–water partition coefficient (Wildman–Crippen LogP) is 3.88. The molecule has 1 N–H and O–H groups in total. The summed E-state index contributed by atoms with van der Waals surface area (Å²) in [6.45, 7) is 4.51. The molecule has 0 unspecified atom stereocenters. The van der Waals surface area contributed by atoms with E-state index in [1.54, 1.807) is 14.2 Å². The maximum atomic E-state index is 5.53. The highest BCUT2D eigenvalue weighted by Crippen LogP contribution is 2.32. The standard InChI is InChI=1S/C23H27N3O4/c1-4-26-18(14-24-13-16-10-11-19-20(12-16)30-15-29-19)21(23(27-2)28-3)25-22(26)17-8-6-5-7-9-17/h5-12,23-24H,4,13-15H2,1-3H3. The van der Waals surface area contributed by atoms with E-state index in [9.17, 15) is 0 Å². The summed E-state index contributed by atoms with van der Waals surface area (Å²) in [4.78, 5) is 4.90. The van der Waals surface area contributed by atoms with Gasteiger partial charge in [-0.05, 0) is 24.6 Å². The Morgan fingerprint density at radius 1 is 1.03 bits per heavy atom. The second-order valence-electron chi connectivity index (χ2n) is 6.97. The van der Waals surface area contributed by atoms with E-state index in [1.165, 1.54) is 0 Å². The molecule has 2 aromatic carbocycles. The van der Waals surface area contributed by atoms with Crippen LogP contribution in [0.3, 0.4) is 0 Å². The quantitative estimate of drug-likeness (QED) is 0.541. The van der Waals surface area contributed by atoms with Crippen LogP contribution in [0.25, 0.3) is 11.4 Å². The van der Waals surface area contributed by atoms with Crippen molar-refractivity contribution in [2.45, 2.75) is 32.8 Å². The summed E-state index contributed by atoms with van der Waals surface area (Å²) < 4.78 is 24.1. The number of hydrogen-bond donors (Lipinski definition) is 1. The molecule has 0 amide bonds. The maximum absolute atomic E-state index is 5.53. The van der Waals surface area contributed by atoms with Crippen molar-refractivity contribution < 1.29 is 18.9 Å². The first-order valence-corrected chi connectivity index (χ1v) is 10.0. The van der Waals surface area contributed by atoms with Crippen molar-refractivity contribution in [3.63, 3.8) is 0 Å². The van der Waals surface area contributed by atoms with E-state index in [0.717, 1.165) is 46.4 Å². The van der Waals surface area contributed by atoms with Crippen molar-refractivity contribution in [2.75, 3.05) is 21.0 Å². The van der Waals surface area contributed by atoms with Crippen LogP contribution in [-0.2, 0) is 29.1 Å². The molecule has 0 radical (unpaired) electrons. The lowest BCUT2D eigenvalue weighted by Crippen LogP contribution is -2.19. The molecule has 4 rings (SSSR count). The number of ether oxygens (including phenoxy) is 4. The molecule has 0 atom stereocenters. The summed E-state index contributed by atoms with van der Waals surface area (Å²) >= 11 is 0. The third kappa shape index (κ3) is 4.05. The van der Waals surface area contributed by atoms with Gasteiger partial charge in [0.15, 0.2) is 11.5 Å². The second-order valence-corrected chi connectivity index (χ2v) is 6.97. The van der Waals surface area contributed by atoms with Crippen LogP contribution >= 0.6 is 0 Å². The number of hydrogen-bond acceptors (Lipinski definition) is 6. The molecule has 158 valence electrons. The van der Waals surface area contributed by atoms with Crippen LogP contribution in [0.1, 0.15) is 30.2 Å². The Bertz CT molecular complexity index is 984. The summed E-state index contributed by atoms with van der Waals surface area (Å²) in [7, 11) is 3.26. The van der Waals surface area contributed by atoms with Gasteiger partial charge in [-0.1, -0.05) is 36.4 Å². The fourth-order valence-electron chi connectivity index (χ4n) is 3.72. The van der Waals surface area contributed by atoms with Crippen LogP contribution in [0.2, 0.25) is 0 Å². The molecule has 30 heavy (non-hydrogen) atoms. The lowest BCUT2D eigenvalue weighted by Gasteiger charge is -2.15. The first-order chi connectivity index (χ1) is 14.7. The monoisotopic (exact) mass is 409 g/mol. The van der Waals surface area contributed by atoms with Gasteiger partial charge in [0.1, 0.15) is 11.5 Å². The minimum Gasteiger partial charge on any atom is -0.454 e. The normalized spacial score (nSPS) is 12.7. The van der Waals surface area contributed by atoms with Crippen molar-refractivity contribution in [2.24, 2.45) is 0 Å². The van der Waals surface area contributed by atoms with Crippen LogP contribution in [-0.4, -0.2) is 30.6 Å². The molecule has 0 bridgehead atoms. The van der Waals surface area contributed by atoms with Gasteiger partial charge in [-0.3, -0.25) is 0 Å². The highest BCUT2D eigenvalue weighted by molar-refractivity contribution is 5.57. The number of nitrogens with one attached hydrogen (secondary N) is 1. The van der Waals surface area contributed by atoms with Crippen molar-refractivity contribution in [1.82, 2.24) is 14.9 Å². The molecule has 0 saturated carbocycles. The number of nitrogens with zero attached hydrogens (tertiary/aromatic N) is 2. The number of benzene rings is 2. The molecule has 0 aliphatic carbocycles. The Labute approximate surface area is 176 Å². The molecule has 1 aliphatic heterocycles. The van der Waals surface area contributed by atoms with Gasteiger partial charge >= 0.3 is 0 Å². The molecule has 0 saturated heterocycles. The van der Waals surface area contributed by atoms with Crippen molar-refractivity contribution >= 4 is 0 Å². The zero-order chi connectivity index (χ0) is 20.9. The molecule has 7 nitrogen and oxygen atoms in total.